The summed E-state index contributed by atoms with van der Waals surface area (Å²) in [6.45, 7) is 5.12. The summed E-state index contributed by atoms with van der Waals surface area (Å²) in [7, 11) is -4.21. The molecule has 3 aromatic heterocycles. The lowest BCUT2D eigenvalue weighted by Crippen LogP contribution is -2.51. The van der Waals surface area contributed by atoms with E-state index < -0.39 is 46.4 Å². The van der Waals surface area contributed by atoms with Crippen LogP contribution in [0, 0.1) is 5.92 Å². The molecule has 0 unspecified atom stereocenters. The lowest BCUT2D eigenvalue weighted by atomic mass is 9.77. The Hall–Kier alpha value is -4.97. The Morgan fingerprint density at radius 2 is 1.86 bits per heavy atom. The van der Waals surface area contributed by atoms with Gasteiger partial charge in [0.1, 0.15) is 11.9 Å². The van der Waals surface area contributed by atoms with Crippen molar-refractivity contribution in [1.29, 1.82) is 0 Å². The number of carbonyl (C=O) groups excluding carboxylic acids is 1. The lowest BCUT2D eigenvalue weighted by Gasteiger charge is -2.41. The topological polar surface area (TPSA) is 117 Å². The van der Waals surface area contributed by atoms with Crippen LogP contribution in [-0.4, -0.2) is 50.7 Å². The molecule has 1 N–H and O–H groups in total. The molecule has 0 spiro atoms. The largest absolute Gasteiger partial charge is 0.493 e. The fourth-order valence-electron chi connectivity index (χ4n) is 7.15. The molecule has 2 saturated carbocycles. The highest BCUT2D eigenvalue weighted by atomic mass is 32.2. The summed E-state index contributed by atoms with van der Waals surface area (Å²) < 4.78 is 76.3. The number of nitrogens with one attached hydrogen (secondary N) is 1. The predicted octanol–water partition coefficient (Wildman–Crippen LogP) is 6.45. The summed E-state index contributed by atoms with van der Waals surface area (Å²) in [6, 6.07) is 14.4. The second kappa shape index (κ2) is 13.1. The van der Waals surface area contributed by atoms with Gasteiger partial charge in [0.2, 0.25) is 5.91 Å². The minimum atomic E-state index is -4.21. The molecule has 2 aliphatic carbocycles. The average molecular weight is 701 g/mol. The number of hydrogen-bond donors (Lipinski definition) is 1. The van der Waals surface area contributed by atoms with Crippen LogP contribution in [0.4, 0.5) is 4.39 Å². The van der Waals surface area contributed by atoms with Crippen LogP contribution in [0.2, 0.25) is 0 Å². The summed E-state index contributed by atoms with van der Waals surface area (Å²) in [6.07, 6.45) is 7.86. The van der Waals surface area contributed by atoms with E-state index in [2.05, 4.69) is 23.5 Å². The summed E-state index contributed by atoms with van der Waals surface area (Å²) >= 11 is 0. The Balaban J connectivity index is 1.42. The van der Waals surface area contributed by atoms with Gasteiger partial charge in [-0.05, 0) is 74.8 Å². The van der Waals surface area contributed by atoms with Gasteiger partial charge >= 0.3 is 5.69 Å². The molecule has 260 valence electrons. The third kappa shape index (κ3) is 5.85. The van der Waals surface area contributed by atoms with Crippen LogP contribution in [0.5, 0.6) is 5.75 Å². The number of imidazole rings is 1. The van der Waals surface area contributed by atoms with Gasteiger partial charge in [0.15, 0.2) is 5.65 Å². The smallest absolute Gasteiger partial charge is 0.329 e. The summed E-state index contributed by atoms with van der Waals surface area (Å²) in [5.74, 6) is -0.423. The number of halogens is 1. The van der Waals surface area contributed by atoms with E-state index >= 15 is 0 Å². The maximum absolute atomic E-state index is 14.4. The van der Waals surface area contributed by atoms with Gasteiger partial charge in [-0.1, -0.05) is 42.5 Å². The van der Waals surface area contributed by atoms with Gasteiger partial charge in [-0.15, -0.1) is 13.2 Å². The molecular weight excluding hydrogens is 658 g/mol. The summed E-state index contributed by atoms with van der Waals surface area (Å²) in [4.78, 5) is 31.8. The number of fused-ring (bicyclic) bond motifs is 3. The van der Waals surface area contributed by atoms with Gasteiger partial charge < -0.3 is 10.1 Å². The fraction of sp³-hybridized carbons (Fsp3) is 0.342. The van der Waals surface area contributed by atoms with Crippen molar-refractivity contribution in [2.45, 2.75) is 67.6 Å². The van der Waals surface area contributed by atoms with Crippen molar-refractivity contribution in [3.05, 3.63) is 103 Å². The van der Waals surface area contributed by atoms with E-state index in [0.717, 1.165) is 8.54 Å². The van der Waals surface area contributed by atoms with Gasteiger partial charge in [0.25, 0.3) is 10.0 Å². The van der Waals surface area contributed by atoms with Gasteiger partial charge in [-0.3, -0.25) is 13.9 Å². The molecule has 2 aliphatic rings. The Kier molecular flexibility index (Phi) is 7.81. The number of alkyl halides is 1. The van der Waals surface area contributed by atoms with Crippen molar-refractivity contribution in [2.75, 3.05) is 6.61 Å². The number of carbonyl (C=O) groups is 1. The second-order valence-corrected chi connectivity index (χ2v) is 15.0. The van der Waals surface area contributed by atoms with Crippen LogP contribution < -0.4 is 15.7 Å². The number of pyridine rings is 1. The van der Waals surface area contributed by atoms with E-state index in [4.69, 9.17) is 8.85 Å². The highest BCUT2D eigenvalue weighted by molar-refractivity contribution is 7.90. The molecule has 2 fully saturated rings. The molecule has 5 aromatic rings. The molecule has 0 aliphatic heterocycles. The Morgan fingerprint density at radius 1 is 1.14 bits per heavy atom. The average Bonchev–Trinajstić information content (AvgIpc) is 3.61. The van der Waals surface area contributed by atoms with E-state index in [-0.39, 0.29) is 33.9 Å². The third-order valence-corrected chi connectivity index (χ3v) is 11.6. The van der Waals surface area contributed by atoms with Crippen molar-refractivity contribution < 1.29 is 26.5 Å². The first-order valence-corrected chi connectivity index (χ1v) is 18.1. The molecule has 50 heavy (non-hydrogen) atoms. The number of benzene rings is 2. The monoisotopic (exact) mass is 700 g/mol. The lowest BCUT2D eigenvalue weighted by molar-refractivity contribution is -0.125. The van der Waals surface area contributed by atoms with Crippen molar-refractivity contribution in [1.82, 2.24) is 23.4 Å². The summed E-state index contributed by atoms with van der Waals surface area (Å²) in [5.41, 5.74) is -0.188. The highest BCUT2D eigenvalue weighted by Crippen LogP contribution is 2.43. The Morgan fingerprint density at radius 3 is 2.50 bits per heavy atom. The van der Waals surface area contributed by atoms with E-state index in [0.29, 0.717) is 67.4 Å². The first kappa shape index (κ1) is 29.9. The molecule has 3 heterocycles. The molecule has 2 atom stereocenters. The maximum Gasteiger partial charge on any atom is 0.329 e. The van der Waals surface area contributed by atoms with Crippen LogP contribution >= 0.6 is 0 Å². The fourth-order valence-corrected chi connectivity index (χ4v) is 8.49. The van der Waals surface area contributed by atoms with E-state index in [1.165, 1.54) is 29.1 Å². The molecule has 0 saturated heterocycles. The molecule has 7 rings (SSSR count). The zero-order valence-corrected chi connectivity index (χ0v) is 28.2. The Bertz CT molecular complexity index is 2380. The van der Waals surface area contributed by atoms with Gasteiger partial charge in [0.05, 0.1) is 40.0 Å². The molecule has 0 radical (unpaired) electrons. The maximum atomic E-state index is 14.4. The first-order valence-electron chi connectivity index (χ1n) is 18.2. The highest BCUT2D eigenvalue weighted by Gasteiger charge is 2.47. The van der Waals surface area contributed by atoms with Crippen LogP contribution in [0.15, 0.2) is 102 Å². The molecule has 2 aromatic carbocycles. The van der Waals surface area contributed by atoms with E-state index in [1.807, 2.05) is 0 Å². The van der Waals surface area contributed by atoms with Gasteiger partial charge in [0, 0.05) is 34.4 Å². The zero-order valence-electron chi connectivity index (χ0n) is 30.4. The van der Waals surface area contributed by atoms with Crippen molar-refractivity contribution in [2.24, 2.45) is 12.9 Å². The number of rotatable bonds is 12. The molecule has 10 nitrogen and oxygen atoms in total. The molecular formula is C38H40FN5O5S. The number of aromatic nitrogens is 4. The molecule has 0 bridgehead atoms. The first-order chi connectivity index (χ1) is 25.3. The van der Waals surface area contributed by atoms with Crippen LogP contribution in [0.1, 0.15) is 55.1 Å². The standard InChI is InChI=1S/C38H40FN5O5S/c1-4-6-21-49-27-14-12-25(13-15-27)30-24-43(50(47,48)28-10-8-7-9-11-28)35-33(30)34-32(23-40-35)42(3)37(46)44(34)26-16-19-38(18-5-2,20-17-26)41-36(45)29-22-31(29)39/h4-5,7-15,23-24,26,29,31H,1-2,6,16-22H2,3H3,(H,41,45)/t26?,29-,31+,38?/m0/s1/i3D3. The number of nitrogens with zero attached hydrogens (tertiary/aromatic N) is 4. The zero-order chi connectivity index (χ0) is 37.7. The minimum Gasteiger partial charge on any atom is -0.493 e. The van der Waals surface area contributed by atoms with Gasteiger partial charge in [-0.25, -0.2) is 26.6 Å². The SMILES string of the molecule is [2H]C([2H])([2H])n1c(=O)n(C2CCC(CC=C)(NC(=O)[C@H]3C[C@H]3F)CC2)c2c3c(-c4ccc(OCCC=C)cc4)cn(S(=O)(=O)c4ccccc4)c3ncc21. The van der Waals surface area contributed by atoms with Crippen molar-refractivity contribution in [3.63, 3.8) is 0 Å². The third-order valence-electron chi connectivity index (χ3n) is 9.92. The molecule has 1 amide bonds. The number of hydrogen-bond acceptors (Lipinski definition) is 6. The second-order valence-electron chi connectivity index (χ2n) is 13.1. The quantitative estimate of drug-likeness (QED) is 0.118. The summed E-state index contributed by atoms with van der Waals surface area (Å²) in [5, 5.41) is 3.36. The van der Waals surface area contributed by atoms with E-state index in [9.17, 15) is 22.4 Å². The van der Waals surface area contributed by atoms with Gasteiger partial charge in [-0.2, -0.15) is 0 Å². The Labute approximate surface area is 294 Å². The van der Waals surface area contributed by atoms with Crippen LogP contribution in [-0.2, 0) is 21.8 Å². The number of amides is 1. The van der Waals surface area contributed by atoms with Crippen LogP contribution in [0.3, 0.4) is 0 Å². The normalized spacial score (nSPS) is 23.1. The minimum absolute atomic E-state index is 0.0203. The van der Waals surface area contributed by atoms with Crippen molar-refractivity contribution in [3.8, 4) is 16.9 Å². The molecule has 12 heteroatoms. The number of aryl methyl sites for hydroxylation is 1. The number of ether oxygens (including phenoxy) is 1. The van der Waals surface area contributed by atoms with E-state index in [1.54, 1.807) is 54.6 Å². The van der Waals surface area contributed by atoms with Crippen LogP contribution in [0.25, 0.3) is 33.2 Å². The predicted molar refractivity (Wildman–Crippen MR) is 191 cm³/mol. The van der Waals surface area contributed by atoms with Crippen molar-refractivity contribution >= 4 is 38.0 Å².